The number of hydrogen-bond acceptors (Lipinski definition) is 6. The molecule has 7 heteroatoms. The van der Waals surface area contributed by atoms with E-state index < -0.39 is 6.04 Å². The second kappa shape index (κ2) is 9.43. The Morgan fingerprint density at radius 1 is 1.03 bits per heavy atom. The highest BCUT2D eigenvalue weighted by atomic mass is 16.5. The second-order valence-corrected chi connectivity index (χ2v) is 7.07. The van der Waals surface area contributed by atoms with Crippen LogP contribution in [-0.2, 0) is 20.9 Å². The highest BCUT2D eigenvalue weighted by Gasteiger charge is 2.48. The number of benzene rings is 2. The lowest BCUT2D eigenvalue weighted by Crippen LogP contribution is -2.57. The molecule has 1 fully saturated rings. The Kier molecular flexibility index (Phi) is 6.72. The molecule has 2 aromatic carbocycles. The van der Waals surface area contributed by atoms with Gasteiger partial charge in [-0.15, -0.1) is 0 Å². The molecule has 0 radical (unpaired) electrons. The van der Waals surface area contributed by atoms with Crippen LogP contribution in [0.1, 0.15) is 30.5 Å². The van der Waals surface area contributed by atoms with E-state index in [0.717, 1.165) is 11.1 Å². The Balaban J connectivity index is 1.86. The van der Waals surface area contributed by atoms with Gasteiger partial charge < -0.3 is 19.1 Å². The van der Waals surface area contributed by atoms with Gasteiger partial charge in [0.2, 0.25) is 0 Å². The maximum absolute atomic E-state index is 13.0. The van der Waals surface area contributed by atoms with E-state index in [1.165, 1.54) is 7.11 Å². The van der Waals surface area contributed by atoms with Crippen molar-refractivity contribution in [3.05, 3.63) is 59.7 Å². The van der Waals surface area contributed by atoms with Crippen molar-refractivity contribution < 1.29 is 23.8 Å². The summed E-state index contributed by atoms with van der Waals surface area (Å²) in [5, 5.41) is 0. The SMILES string of the molecule is COC(=O)CC(C)=NC1C(=O)N(Cc2ccc(OC)c(OC)c2)C1c1ccccc1. The second-order valence-electron chi connectivity index (χ2n) is 7.07. The topological polar surface area (TPSA) is 77.4 Å². The summed E-state index contributed by atoms with van der Waals surface area (Å²) in [6.07, 6.45) is 0.0669. The van der Waals surface area contributed by atoms with E-state index in [4.69, 9.17) is 14.2 Å². The van der Waals surface area contributed by atoms with E-state index in [1.54, 1.807) is 26.0 Å². The molecule has 1 aliphatic rings. The van der Waals surface area contributed by atoms with Crippen LogP contribution in [-0.4, -0.2) is 49.9 Å². The molecule has 1 saturated heterocycles. The summed E-state index contributed by atoms with van der Waals surface area (Å²) in [5.74, 6) is 0.795. The van der Waals surface area contributed by atoms with Crippen molar-refractivity contribution in [3.8, 4) is 11.5 Å². The van der Waals surface area contributed by atoms with Crippen LogP contribution in [0.2, 0.25) is 0 Å². The van der Waals surface area contributed by atoms with E-state index in [-0.39, 0.29) is 24.3 Å². The highest BCUT2D eigenvalue weighted by molar-refractivity contribution is 6.00. The van der Waals surface area contributed by atoms with Gasteiger partial charge in [0, 0.05) is 12.3 Å². The van der Waals surface area contributed by atoms with Crippen LogP contribution in [0.15, 0.2) is 53.5 Å². The Bertz CT molecular complexity index is 942. The zero-order valence-corrected chi connectivity index (χ0v) is 17.6. The number of aliphatic imine (C=N–C) groups is 1. The Labute approximate surface area is 176 Å². The fourth-order valence-electron chi connectivity index (χ4n) is 3.58. The molecule has 0 aromatic heterocycles. The number of hydrogen-bond donors (Lipinski definition) is 0. The van der Waals surface area contributed by atoms with Gasteiger partial charge in [0.15, 0.2) is 17.5 Å². The molecule has 1 aliphatic heterocycles. The summed E-state index contributed by atoms with van der Waals surface area (Å²) in [6, 6.07) is 14.6. The number of nitrogens with zero attached hydrogens (tertiary/aromatic N) is 2. The van der Waals surface area contributed by atoms with Gasteiger partial charge in [-0.05, 0) is 30.2 Å². The lowest BCUT2D eigenvalue weighted by molar-refractivity contribution is -0.150. The first-order valence-electron chi connectivity index (χ1n) is 9.65. The molecule has 0 aliphatic carbocycles. The van der Waals surface area contributed by atoms with E-state index in [9.17, 15) is 9.59 Å². The molecule has 0 N–H and O–H groups in total. The molecule has 0 bridgehead atoms. The maximum atomic E-state index is 13.0. The zero-order chi connectivity index (χ0) is 21.7. The number of carbonyl (C=O) groups is 2. The van der Waals surface area contributed by atoms with Gasteiger partial charge in [0.05, 0.1) is 33.8 Å². The summed E-state index contributed by atoms with van der Waals surface area (Å²) in [4.78, 5) is 30.8. The number of likely N-dealkylation sites (tertiary alicyclic amines) is 1. The normalized spacial score (nSPS) is 18.6. The molecule has 0 spiro atoms. The third-order valence-electron chi connectivity index (χ3n) is 5.10. The van der Waals surface area contributed by atoms with Crippen LogP contribution in [0.3, 0.4) is 0 Å². The average Bonchev–Trinajstić information content (AvgIpc) is 2.78. The third-order valence-corrected chi connectivity index (χ3v) is 5.10. The summed E-state index contributed by atoms with van der Waals surface area (Å²) >= 11 is 0. The smallest absolute Gasteiger partial charge is 0.311 e. The zero-order valence-electron chi connectivity index (χ0n) is 17.6. The number of ether oxygens (including phenoxy) is 3. The monoisotopic (exact) mass is 410 g/mol. The minimum Gasteiger partial charge on any atom is -0.493 e. The number of carbonyl (C=O) groups excluding carboxylic acids is 2. The van der Waals surface area contributed by atoms with Gasteiger partial charge in [-0.2, -0.15) is 0 Å². The first-order valence-corrected chi connectivity index (χ1v) is 9.65. The first-order chi connectivity index (χ1) is 14.5. The van der Waals surface area contributed by atoms with E-state index in [0.29, 0.717) is 23.8 Å². The molecular formula is C23H26N2O5. The largest absolute Gasteiger partial charge is 0.493 e. The molecule has 3 rings (SSSR count). The van der Waals surface area contributed by atoms with Gasteiger partial charge >= 0.3 is 5.97 Å². The van der Waals surface area contributed by atoms with Crippen molar-refractivity contribution in [3.63, 3.8) is 0 Å². The molecule has 7 nitrogen and oxygen atoms in total. The predicted octanol–water partition coefficient (Wildman–Crippen LogP) is 3.18. The van der Waals surface area contributed by atoms with Crippen LogP contribution in [0, 0.1) is 0 Å². The Hall–Kier alpha value is -3.35. The summed E-state index contributed by atoms with van der Waals surface area (Å²) in [5.41, 5.74) is 2.50. The van der Waals surface area contributed by atoms with E-state index in [1.807, 2.05) is 48.5 Å². The minimum atomic E-state index is -0.558. The first kappa shape index (κ1) is 21.4. The van der Waals surface area contributed by atoms with Crippen LogP contribution in [0.4, 0.5) is 0 Å². The fraction of sp³-hybridized carbons (Fsp3) is 0.348. The number of β-lactam (4-membered cyclic amide) rings is 1. The maximum Gasteiger partial charge on any atom is 0.311 e. The van der Waals surface area contributed by atoms with Crippen molar-refractivity contribution >= 4 is 17.6 Å². The minimum absolute atomic E-state index is 0.0669. The van der Waals surface area contributed by atoms with Gasteiger partial charge in [-0.1, -0.05) is 36.4 Å². The van der Waals surface area contributed by atoms with Gasteiger partial charge in [-0.3, -0.25) is 14.6 Å². The number of rotatable bonds is 8. The van der Waals surface area contributed by atoms with Gasteiger partial charge in [0.25, 0.3) is 5.91 Å². The average molecular weight is 410 g/mol. The number of esters is 1. The lowest BCUT2D eigenvalue weighted by Gasteiger charge is -2.46. The van der Waals surface area contributed by atoms with Gasteiger partial charge in [0.1, 0.15) is 0 Å². The molecule has 1 amide bonds. The molecule has 1 heterocycles. The molecule has 30 heavy (non-hydrogen) atoms. The van der Waals surface area contributed by atoms with Crippen molar-refractivity contribution in [2.45, 2.75) is 32.0 Å². The Morgan fingerprint density at radius 2 is 1.73 bits per heavy atom. The predicted molar refractivity (Wildman–Crippen MR) is 113 cm³/mol. The Morgan fingerprint density at radius 3 is 2.37 bits per heavy atom. The molecule has 0 saturated carbocycles. The fourth-order valence-corrected chi connectivity index (χ4v) is 3.58. The van der Waals surface area contributed by atoms with Crippen molar-refractivity contribution in [2.75, 3.05) is 21.3 Å². The standard InChI is InChI=1S/C23H26N2O5/c1-15(12-20(26)30-4)24-21-22(17-8-6-5-7-9-17)25(23(21)27)14-16-10-11-18(28-2)19(13-16)29-3/h5-11,13,21-22H,12,14H2,1-4H3. The lowest BCUT2D eigenvalue weighted by atomic mass is 9.88. The summed E-state index contributed by atoms with van der Waals surface area (Å²) in [6.45, 7) is 2.16. The van der Waals surface area contributed by atoms with E-state index >= 15 is 0 Å². The molecule has 158 valence electrons. The quantitative estimate of drug-likeness (QED) is 0.379. The van der Waals surface area contributed by atoms with Gasteiger partial charge in [-0.25, -0.2) is 0 Å². The number of amides is 1. The molecule has 2 aromatic rings. The van der Waals surface area contributed by atoms with E-state index in [2.05, 4.69) is 4.99 Å². The van der Waals surface area contributed by atoms with Crippen molar-refractivity contribution in [1.29, 1.82) is 0 Å². The summed E-state index contributed by atoms with van der Waals surface area (Å²) in [7, 11) is 4.50. The van der Waals surface area contributed by atoms with Crippen molar-refractivity contribution in [1.82, 2.24) is 4.90 Å². The summed E-state index contributed by atoms with van der Waals surface area (Å²) < 4.78 is 15.4. The highest BCUT2D eigenvalue weighted by Crippen LogP contribution is 2.39. The third kappa shape index (κ3) is 4.45. The molecule has 2 unspecified atom stereocenters. The molecule has 2 atom stereocenters. The molecular weight excluding hydrogens is 384 g/mol. The van der Waals surface area contributed by atoms with Crippen LogP contribution >= 0.6 is 0 Å². The van der Waals surface area contributed by atoms with Crippen LogP contribution < -0.4 is 9.47 Å². The number of methoxy groups -OCH3 is 3. The van der Waals surface area contributed by atoms with Crippen LogP contribution in [0.25, 0.3) is 0 Å². The van der Waals surface area contributed by atoms with Crippen LogP contribution in [0.5, 0.6) is 11.5 Å². The van der Waals surface area contributed by atoms with Crippen molar-refractivity contribution in [2.24, 2.45) is 4.99 Å².